The maximum Gasteiger partial charge on any atom is 0.123 e. The summed E-state index contributed by atoms with van der Waals surface area (Å²) in [6.07, 6.45) is 3.33. The lowest BCUT2D eigenvalue weighted by molar-refractivity contribution is 0.0444. The minimum atomic E-state index is -0.613. The molecule has 1 aromatic carbocycles. The molecule has 0 heterocycles. The fourth-order valence-corrected chi connectivity index (χ4v) is 2.71. The Morgan fingerprint density at radius 2 is 2.25 bits per heavy atom. The van der Waals surface area contributed by atoms with Crippen molar-refractivity contribution in [2.75, 3.05) is 0 Å². The van der Waals surface area contributed by atoms with E-state index in [1.54, 1.807) is 12.1 Å². The Morgan fingerprint density at radius 3 is 2.88 bits per heavy atom. The summed E-state index contributed by atoms with van der Waals surface area (Å²) in [6.45, 7) is 4.13. The Bertz CT molecular complexity index is 388. The summed E-state index contributed by atoms with van der Waals surface area (Å²) in [4.78, 5) is 0. The van der Waals surface area contributed by atoms with Crippen LogP contribution >= 0.6 is 0 Å². The lowest BCUT2D eigenvalue weighted by Gasteiger charge is -2.23. The molecule has 0 saturated heterocycles. The zero-order valence-electron chi connectivity index (χ0n) is 9.96. The molecule has 2 rings (SSSR count). The maximum absolute atomic E-state index is 13.1. The molecule has 1 fully saturated rings. The first-order valence-corrected chi connectivity index (χ1v) is 5.96. The van der Waals surface area contributed by atoms with Crippen LogP contribution in [0.15, 0.2) is 18.2 Å². The fraction of sp³-hybridized carbons (Fsp3) is 0.571. The third-order valence-corrected chi connectivity index (χ3v) is 3.66. The van der Waals surface area contributed by atoms with E-state index in [0.29, 0.717) is 12.3 Å². The zero-order valence-corrected chi connectivity index (χ0v) is 9.96. The first-order chi connectivity index (χ1) is 7.48. The second kappa shape index (κ2) is 4.17. The summed E-state index contributed by atoms with van der Waals surface area (Å²) in [6, 6.07) is 4.81. The van der Waals surface area contributed by atoms with E-state index in [0.717, 1.165) is 30.4 Å². The van der Waals surface area contributed by atoms with Crippen LogP contribution in [0.5, 0.6) is 0 Å². The third-order valence-electron chi connectivity index (χ3n) is 3.66. The monoisotopic (exact) mass is 222 g/mol. The zero-order chi connectivity index (χ0) is 11.8. The largest absolute Gasteiger partial charge is 0.390 e. The van der Waals surface area contributed by atoms with Crippen molar-refractivity contribution in [3.8, 4) is 0 Å². The van der Waals surface area contributed by atoms with Crippen LogP contribution in [0.1, 0.15) is 37.3 Å². The minimum absolute atomic E-state index is 0.213. The number of rotatable bonds is 2. The van der Waals surface area contributed by atoms with E-state index >= 15 is 0 Å². The first kappa shape index (κ1) is 11.6. The number of aliphatic hydroxyl groups is 1. The first-order valence-electron chi connectivity index (χ1n) is 5.96. The Kier molecular flexibility index (Phi) is 3.02. The van der Waals surface area contributed by atoms with E-state index < -0.39 is 5.60 Å². The molecule has 2 heteroatoms. The number of hydrogen-bond acceptors (Lipinski definition) is 1. The highest BCUT2D eigenvalue weighted by Crippen LogP contribution is 2.37. The summed E-state index contributed by atoms with van der Waals surface area (Å²) in [7, 11) is 0. The third kappa shape index (κ3) is 2.43. The normalized spacial score (nSPS) is 29.6. The highest BCUT2D eigenvalue weighted by Gasteiger charge is 2.35. The molecule has 1 saturated carbocycles. The van der Waals surface area contributed by atoms with Crippen molar-refractivity contribution >= 4 is 0 Å². The van der Waals surface area contributed by atoms with Gasteiger partial charge in [-0.1, -0.05) is 13.0 Å². The fourth-order valence-electron chi connectivity index (χ4n) is 2.71. The smallest absolute Gasteiger partial charge is 0.123 e. The van der Waals surface area contributed by atoms with E-state index in [-0.39, 0.29) is 5.82 Å². The van der Waals surface area contributed by atoms with Gasteiger partial charge in [0.05, 0.1) is 5.60 Å². The van der Waals surface area contributed by atoms with Crippen LogP contribution in [-0.2, 0) is 6.42 Å². The lowest BCUT2D eigenvalue weighted by atomic mass is 9.90. The van der Waals surface area contributed by atoms with Gasteiger partial charge in [-0.3, -0.25) is 0 Å². The van der Waals surface area contributed by atoms with Gasteiger partial charge in [-0.2, -0.15) is 0 Å². The molecule has 1 aliphatic rings. The van der Waals surface area contributed by atoms with Crippen LogP contribution < -0.4 is 0 Å². The molecule has 16 heavy (non-hydrogen) atoms. The van der Waals surface area contributed by atoms with Gasteiger partial charge in [0.2, 0.25) is 0 Å². The van der Waals surface area contributed by atoms with Crippen LogP contribution in [0, 0.1) is 18.7 Å². The molecular weight excluding hydrogens is 203 g/mol. The molecule has 0 aromatic heterocycles. The number of hydrogen-bond donors (Lipinski definition) is 1. The lowest BCUT2D eigenvalue weighted by Crippen LogP contribution is -2.28. The Hall–Kier alpha value is -0.890. The van der Waals surface area contributed by atoms with Gasteiger partial charge in [-0.05, 0) is 55.4 Å². The van der Waals surface area contributed by atoms with Crippen LogP contribution in [0.3, 0.4) is 0 Å². The van der Waals surface area contributed by atoms with Gasteiger partial charge in [-0.15, -0.1) is 0 Å². The summed E-state index contributed by atoms with van der Waals surface area (Å²) >= 11 is 0. The molecule has 88 valence electrons. The summed E-state index contributed by atoms with van der Waals surface area (Å²) in [5.74, 6) is 0.370. The van der Waals surface area contributed by atoms with Crippen LogP contribution in [0.2, 0.25) is 0 Å². The van der Waals surface area contributed by atoms with Gasteiger partial charge in [0.25, 0.3) is 0 Å². The molecule has 1 nitrogen and oxygen atoms in total. The number of aryl methyl sites for hydroxylation is 1. The van der Waals surface area contributed by atoms with Gasteiger partial charge in [0.15, 0.2) is 0 Å². The molecule has 2 atom stereocenters. The van der Waals surface area contributed by atoms with Crippen LogP contribution in [0.25, 0.3) is 0 Å². The maximum atomic E-state index is 13.1. The Labute approximate surface area is 96.3 Å². The average Bonchev–Trinajstić information content (AvgIpc) is 2.52. The molecule has 1 aliphatic carbocycles. The summed E-state index contributed by atoms with van der Waals surface area (Å²) in [5.41, 5.74) is 1.39. The van der Waals surface area contributed by atoms with Crippen LogP contribution in [-0.4, -0.2) is 10.7 Å². The van der Waals surface area contributed by atoms with Crippen molar-refractivity contribution in [1.29, 1.82) is 0 Å². The van der Waals surface area contributed by atoms with E-state index in [1.165, 1.54) is 6.07 Å². The molecule has 0 amide bonds. The van der Waals surface area contributed by atoms with Gasteiger partial charge < -0.3 is 5.11 Å². The topological polar surface area (TPSA) is 20.2 Å². The van der Waals surface area contributed by atoms with E-state index in [2.05, 4.69) is 6.92 Å². The molecule has 1 N–H and O–H groups in total. The molecule has 0 spiro atoms. The van der Waals surface area contributed by atoms with Crippen molar-refractivity contribution in [2.45, 2.75) is 45.1 Å². The predicted molar refractivity (Wildman–Crippen MR) is 62.8 cm³/mol. The number of benzene rings is 1. The quantitative estimate of drug-likeness (QED) is 0.814. The molecule has 0 aliphatic heterocycles. The highest BCUT2D eigenvalue weighted by atomic mass is 19.1. The van der Waals surface area contributed by atoms with Gasteiger partial charge in [0, 0.05) is 6.42 Å². The molecular formula is C14H19FO. The summed E-state index contributed by atoms with van der Waals surface area (Å²) < 4.78 is 13.1. The van der Waals surface area contributed by atoms with Gasteiger partial charge >= 0.3 is 0 Å². The Morgan fingerprint density at radius 1 is 1.50 bits per heavy atom. The second-order valence-corrected chi connectivity index (χ2v) is 5.32. The van der Waals surface area contributed by atoms with Gasteiger partial charge in [-0.25, -0.2) is 4.39 Å². The van der Waals surface area contributed by atoms with Crippen molar-refractivity contribution in [3.63, 3.8) is 0 Å². The number of halogens is 1. The highest BCUT2D eigenvalue weighted by molar-refractivity contribution is 5.28. The van der Waals surface area contributed by atoms with Crippen LogP contribution in [0.4, 0.5) is 4.39 Å². The molecule has 0 radical (unpaired) electrons. The van der Waals surface area contributed by atoms with Crippen molar-refractivity contribution in [2.24, 2.45) is 5.92 Å². The standard InChI is InChI=1S/C14H19FO/c1-10-5-6-14(16,8-10)9-12-7-13(15)4-3-11(12)2/h3-4,7,10,16H,5-6,8-9H2,1-2H3. The second-order valence-electron chi connectivity index (χ2n) is 5.32. The van der Waals surface area contributed by atoms with Crippen molar-refractivity contribution in [1.82, 2.24) is 0 Å². The SMILES string of the molecule is Cc1ccc(F)cc1CC1(O)CCC(C)C1. The van der Waals surface area contributed by atoms with E-state index in [1.807, 2.05) is 6.92 Å². The van der Waals surface area contributed by atoms with Crippen molar-refractivity contribution in [3.05, 3.63) is 35.1 Å². The van der Waals surface area contributed by atoms with Crippen molar-refractivity contribution < 1.29 is 9.50 Å². The summed E-state index contributed by atoms with van der Waals surface area (Å²) in [5, 5.41) is 10.4. The minimum Gasteiger partial charge on any atom is -0.390 e. The molecule has 0 bridgehead atoms. The molecule has 1 aromatic rings. The predicted octanol–water partition coefficient (Wildman–Crippen LogP) is 3.23. The average molecular weight is 222 g/mol. The Balaban J connectivity index is 2.17. The molecule has 2 unspecified atom stereocenters. The van der Waals surface area contributed by atoms with Gasteiger partial charge in [0.1, 0.15) is 5.82 Å². The van der Waals surface area contributed by atoms with E-state index in [4.69, 9.17) is 0 Å². The van der Waals surface area contributed by atoms with E-state index in [9.17, 15) is 9.50 Å².